The van der Waals surface area contributed by atoms with E-state index in [1.165, 1.54) is 7.11 Å². The van der Waals surface area contributed by atoms with Gasteiger partial charge in [0.05, 0.1) is 13.2 Å². The van der Waals surface area contributed by atoms with Gasteiger partial charge in [0.15, 0.2) is 0 Å². The smallest absolute Gasteiger partial charge is 0.339 e. The Morgan fingerprint density at radius 1 is 1.10 bits per heavy atom. The standard InChI is InChI=1S/C16H12O4/c1-19-16-11(10-5-3-2-4-6-10)7-8-13-15(16)12(17)9-14(18)20-13/h2-9,17H,1H3. The van der Waals surface area contributed by atoms with E-state index >= 15 is 0 Å². The van der Waals surface area contributed by atoms with Crippen molar-refractivity contribution in [3.05, 3.63) is 59.0 Å². The maximum atomic E-state index is 11.3. The lowest BCUT2D eigenvalue weighted by Crippen LogP contribution is -1.97. The highest BCUT2D eigenvalue weighted by atomic mass is 16.5. The minimum atomic E-state index is -0.593. The van der Waals surface area contributed by atoms with E-state index in [-0.39, 0.29) is 5.75 Å². The second-order valence-corrected chi connectivity index (χ2v) is 4.34. The first-order valence-electron chi connectivity index (χ1n) is 6.10. The predicted octanol–water partition coefficient (Wildman–Crippen LogP) is 3.17. The molecule has 0 atom stereocenters. The van der Waals surface area contributed by atoms with Crippen LogP contribution in [0.25, 0.3) is 22.1 Å². The van der Waals surface area contributed by atoms with Crippen LogP contribution in [0, 0.1) is 0 Å². The first-order valence-corrected chi connectivity index (χ1v) is 6.10. The fraction of sp³-hybridized carbons (Fsp3) is 0.0625. The Labute approximate surface area is 114 Å². The molecule has 0 aliphatic carbocycles. The molecule has 1 N–H and O–H groups in total. The zero-order valence-corrected chi connectivity index (χ0v) is 10.8. The summed E-state index contributed by atoms with van der Waals surface area (Å²) < 4.78 is 10.5. The van der Waals surface area contributed by atoms with E-state index in [9.17, 15) is 9.90 Å². The van der Waals surface area contributed by atoms with Crippen molar-refractivity contribution >= 4 is 11.0 Å². The van der Waals surface area contributed by atoms with E-state index in [0.29, 0.717) is 16.7 Å². The number of methoxy groups -OCH3 is 1. The topological polar surface area (TPSA) is 59.7 Å². The quantitative estimate of drug-likeness (QED) is 0.725. The number of aromatic hydroxyl groups is 1. The van der Waals surface area contributed by atoms with Crippen LogP contribution in [0.15, 0.2) is 57.7 Å². The van der Waals surface area contributed by atoms with Crippen molar-refractivity contribution in [1.82, 2.24) is 0 Å². The average Bonchev–Trinajstić information content (AvgIpc) is 2.46. The summed E-state index contributed by atoms with van der Waals surface area (Å²) in [6.07, 6.45) is 0. The normalized spacial score (nSPS) is 10.7. The highest BCUT2D eigenvalue weighted by Gasteiger charge is 2.15. The lowest BCUT2D eigenvalue weighted by Gasteiger charge is -2.12. The van der Waals surface area contributed by atoms with Crippen molar-refractivity contribution in [2.45, 2.75) is 0 Å². The van der Waals surface area contributed by atoms with E-state index in [1.807, 2.05) is 30.3 Å². The van der Waals surface area contributed by atoms with Crippen LogP contribution in [0.4, 0.5) is 0 Å². The Bertz CT molecular complexity index is 819. The fourth-order valence-electron chi connectivity index (χ4n) is 2.27. The van der Waals surface area contributed by atoms with Crippen molar-refractivity contribution < 1.29 is 14.3 Å². The Hall–Kier alpha value is -2.75. The van der Waals surface area contributed by atoms with Gasteiger partial charge in [-0.05, 0) is 17.7 Å². The summed E-state index contributed by atoms with van der Waals surface area (Å²) in [6.45, 7) is 0. The van der Waals surface area contributed by atoms with Gasteiger partial charge >= 0.3 is 5.63 Å². The largest absolute Gasteiger partial charge is 0.507 e. The van der Waals surface area contributed by atoms with E-state index in [0.717, 1.165) is 17.2 Å². The molecule has 0 unspecified atom stereocenters. The van der Waals surface area contributed by atoms with E-state index in [2.05, 4.69) is 0 Å². The molecule has 0 saturated heterocycles. The molecule has 3 aromatic rings. The third-order valence-electron chi connectivity index (χ3n) is 3.13. The average molecular weight is 268 g/mol. The molecule has 0 saturated carbocycles. The number of benzene rings is 2. The van der Waals surface area contributed by atoms with Gasteiger partial charge in [-0.2, -0.15) is 0 Å². The first kappa shape index (κ1) is 12.3. The Balaban J connectivity index is 2.39. The molecule has 1 aromatic heterocycles. The molecule has 1 heterocycles. The predicted molar refractivity (Wildman–Crippen MR) is 76.1 cm³/mol. The molecule has 0 radical (unpaired) electrons. The van der Waals surface area contributed by atoms with Crippen LogP contribution in [0.1, 0.15) is 0 Å². The molecule has 0 amide bonds. The van der Waals surface area contributed by atoms with Crippen LogP contribution in [0.2, 0.25) is 0 Å². The summed E-state index contributed by atoms with van der Waals surface area (Å²) in [4.78, 5) is 11.3. The third-order valence-corrected chi connectivity index (χ3v) is 3.13. The molecule has 4 nitrogen and oxygen atoms in total. The van der Waals surface area contributed by atoms with Crippen LogP contribution < -0.4 is 10.4 Å². The maximum Gasteiger partial charge on any atom is 0.339 e. The van der Waals surface area contributed by atoms with Gasteiger partial charge in [0.2, 0.25) is 0 Å². The Kier molecular flexibility index (Phi) is 2.91. The van der Waals surface area contributed by atoms with Crippen molar-refractivity contribution in [2.75, 3.05) is 7.11 Å². The second kappa shape index (κ2) is 4.74. The van der Waals surface area contributed by atoms with Gasteiger partial charge in [0.1, 0.15) is 22.5 Å². The summed E-state index contributed by atoms with van der Waals surface area (Å²) >= 11 is 0. The lowest BCUT2D eigenvalue weighted by molar-refractivity contribution is 0.414. The molecule has 3 rings (SSSR count). The summed E-state index contributed by atoms with van der Waals surface area (Å²) in [7, 11) is 1.52. The first-order chi connectivity index (χ1) is 9.70. The summed E-state index contributed by atoms with van der Waals surface area (Å²) in [6, 6.07) is 14.2. The molecular formula is C16H12O4. The van der Waals surface area contributed by atoms with Gasteiger partial charge in [-0.1, -0.05) is 30.3 Å². The summed E-state index contributed by atoms with van der Waals surface area (Å²) in [5.74, 6) is 0.334. The molecular weight excluding hydrogens is 256 g/mol. The highest BCUT2D eigenvalue weighted by Crippen LogP contribution is 2.39. The third kappa shape index (κ3) is 1.91. The van der Waals surface area contributed by atoms with Gasteiger partial charge in [-0.25, -0.2) is 4.79 Å². The highest BCUT2D eigenvalue weighted by molar-refractivity contribution is 5.95. The molecule has 2 aromatic carbocycles. The lowest BCUT2D eigenvalue weighted by atomic mass is 10.0. The van der Waals surface area contributed by atoms with Crippen molar-refractivity contribution in [3.8, 4) is 22.6 Å². The molecule has 0 spiro atoms. The number of hydrogen-bond donors (Lipinski definition) is 1. The number of ether oxygens (including phenoxy) is 1. The van der Waals surface area contributed by atoms with Crippen LogP contribution >= 0.6 is 0 Å². The number of fused-ring (bicyclic) bond motifs is 1. The fourth-order valence-corrected chi connectivity index (χ4v) is 2.27. The minimum Gasteiger partial charge on any atom is -0.507 e. The van der Waals surface area contributed by atoms with Gasteiger partial charge in [0.25, 0.3) is 0 Å². The summed E-state index contributed by atoms with van der Waals surface area (Å²) in [5.41, 5.74) is 1.48. The monoisotopic (exact) mass is 268 g/mol. The van der Waals surface area contributed by atoms with Gasteiger partial charge in [-0.15, -0.1) is 0 Å². The second-order valence-electron chi connectivity index (χ2n) is 4.34. The molecule has 0 fully saturated rings. The molecule has 0 aliphatic heterocycles. The maximum absolute atomic E-state index is 11.3. The van der Waals surface area contributed by atoms with Crippen molar-refractivity contribution in [1.29, 1.82) is 0 Å². The Morgan fingerprint density at radius 3 is 2.55 bits per heavy atom. The number of hydrogen-bond acceptors (Lipinski definition) is 4. The number of rotatable bonds is 2. The van der Waals surface area contributed by atoms with Gasteiger partial charge in [0, 0.05) is 5.56 Å². The minimum absolute atomic E-state index is 0.147. The van der Waals surface area contributed by atoms with E-state index < -0.39 is 5.63 Å². The molecule has 0 aliphatic rings. The SMILES string of the molecule is COc1c(-c2ccccc2)ccc2oc(=O)cc(O)c12. The van der Waals surface area contributed by atoms with Crippen molar-refractivity contribution in [3.63, 3.8) is 0 Å². The van der Waals surface area contributed by atoms with E-state index in [1.54, 1.807) is 12.1 Å². The van der Waals surface area contributed by atoms with Gasteiger partial charge in [-0.3, -0.25) is 0 Å². The zero-order chi connectivity index (χ0) is 14.1. The van der Waals surface area contributed by atoms with Gasteiger partial charge < -0.3 is 14.3 Å². The van der Waals surface area contributed by atoms with Crippen LogP contribution in [0.5, 0.6) is 11.5 Å². The van der Waals surface area contributed by atoms with Crippen LogP contribution in [0.3, 0.4) is 0 Å². The van der Waals surface area contributed by atoms with Crippen molar-refractivity contribution in [2.24, 2.45) is 0 Å². The molecule has 100 valence electrons. The van der Waals surface area contributed by atoms with Crippen LogP contribution in [-0.4, -0.2) is 12.2 Å². The van der Waals surface area contributed by atoms with E-state index in [4.69, 9.17) is 9.15 Å². The molecule has 4 heteroatoms. The van der Waals surface area contributed by atoms with Crippen LogP contribution in [-0.2, 0) is 0 Å². The Morgan fingerprint density at radius 2 is 1.85 bits per heavy atom. The molecule has 20 heavy (non-hydrogen) atoms. The zero-order valence-electron chi connectivity index (χ0n) is 10.8. The summed E-state index contributed by atoms with van der Waals surface area (Å²) in [5, 5.41) is 10.4. The molecule has 0 bridgehead atoms.